The van der Waals surface area contributed by atoms with E-state index in [-0.39, 0.29) is 0 Å². The Morgan fingerprint density at radius 1 is 0.592 bits per heavy atom. The Kier molecular flexibility index (Phi) is 7.96. The van der Waals surface area contributed by atoms with Gasteiger partial charge in [0.05, 0.1) is 47.7 Å². The van der Waals surface area contributed by atoms with Crippen molar-refractivity contribution in [2.75, 3.05) is 10.0 Å². The van der Waals surface area contributed by atoms with Crippen LogP contribution in [0.1, 0.15) is 20.9 Å². The molecule has 4 aromatic heterocycles. The molecule has 0 unspecified atom stereocenters. The number of hydrogen-bond donors (Lipinski definition) is 0. The fraction of sp³-hybridized carbons (Fsp3) is 0.0526. The molecule has 9 nitrogen and oxygen atoms in total. The van der Waals surface area contributed by atoms with E-state index in [1.165, 1.54) is 9.75 Å². The zero-order valence-electron chi connectivity index (χ0n) is 25.9. The van der Waals surface area contributed by atoms with Gasteiger partial charge in [-0.1, -0.05) is 0 Å². The average molecular weight is 675 g/mol. The molecule has 49 heavy (non-hydrogen) atoms. The molecule has 0 bridgehead atoms. The van der Waals surface area contributed by atoms with Crippen molar-refractivity contribution in [3.8, 4) is 23.6 Å². The molecule has 236 valence electrons. The van der Waals surface area contributed by atoms with E-state index in [1.807, 2.05) is 82.4 Å². The number of rotatable bonds is 10. The molecule has 0 aliphatic rings. The fourth-order valence-electron chi connectivity index (χ4n) is 5.67. The maximum atomic E-state index is 9.24. The summed E-state index contributed by atoms with van der Waals surface area (Å²) in [7, 11) is 0. The highest BCUT2D eigenvalue weighted by molar-refractivity contribution is 7.19. The Hall–Kier alpha value is -6.40. The summed E-state index contributed by atoms with van der Waals surface area (Å²) in [5.41, 5.74) is 3.18. The minimum Gasteiger partial charge on any atom is -0.457 e. The molecule has 0 aliphatic heterocycles. The van der Waals surface area contributed by atoms with E-state index in [4.69, 9.17) is 4.74 Å². The third kappa shape index (κ3) is 6.32. The van der Waals surface area contributed by atoms with Crippen LogP contribution in [0.4, 0.5) is 11.4 Å². The lowest BCUT2D eigenvalue weighted by Gasteiger charge is -2.25. The molecule has 8 aromatic rings. The van der Waals surface area contributed by atoms with E-state index in [0.717, 1.165) is 43.0 Å². The van der Waals surface area contributed by atoms with Gasteiger partial charge in [-0.15, -0.1) is 22.7 Å². The lowest BCUT2D eigenvalue weighted by molar-refractivity contribution is 0.484. The van der Waals surface area contributed by atoms with Crippen LogP contribution in [0, 0.1) is 22.7 Å². The van der Waals surface area contributed by atoms with Crippen LogP contribution in [-0.2, 0) is 13.1 Å². The number of nitrogens with zero attached hydrogens (tertiary/aromatic N) is 8. The van der Waals surface area contributed by atoms with Gasteiger partial charge in [0, 0.05) is 43.9 Å². The summed E-state index contributed by atoms with van der Waals surface area (Å²) in [6.45, 7) is 1.28. The van der Waals surface area contributed by atoms with Gasteiger partial charge in [0.1, 0.15) is 24.2 Å². The van der Waals surface area contributed by atoms with Gasteiger partial charge in [-0.25, -0.2) is 19.3 Å². The van der Waals surface area contributed by atoms with Crippen molar-refractivity contribution in [1.29, 1.82) is 10.5 Å². The maximum absolute atomic E-state index is 9.24. The molecule has 0 N–H and O–H groups in total. The Balaban J connectivity index is 1.01. The van der Waals surface area contributed by atoms with Crippen LogP contribution in [0.3, 0.4) is 0 Å². The lowest BCUT2D eigenvalue weighted by Crippen LogP contribution is -2.27. The number of fused-ring (bicyclic) bond motifs is 2. The van der Waals surface area contributed by atoms with Crippen LogP contribution >= 0.6 is 22.7 Å². The van der Waals surface area contributed by atoms with Crippen LogP contribution in [0.5, 0.6) is 11.5 Å². The second-order valence-electron chi connectivity index (χ2n) is 11.2. The molecule has 4 aromatic carbocycles. The highest BCUT2D eigenvalue weighted by atomic mass is 32.1. The lowest BCUT2D eigenvalue weighted by atomic mass is 10.2. The third-order valence-electron chi connectivity index (χ3n) is 8.06. The predicted octanol–water partition coefficient (Wildman–Crippen LogP) is 8.98. The van der Waals surface area contributed by atoms with E-state index >= 15 is 0 Å². The summed E-state index contributed by atoms with van der Waals surface area (Å²) in [6.07, 6.45) is 10.9. The normalized spacial score (nSPS) is 11.0. The molecule has 0 saturated heterocycles. The minimum atomic E-state index is 0.624. The smallest absolute Gasteiger partial charge is 0.128 e. The van der Waals surface area contributed by atoms with Gasteiger partial charge in [0.2, 0.25) is 0 Å². The van der Waals surface area contributed by atoms with Crippen molar-refractivity contribution >= 4 is 54.2 Å². The molecule has 11 heteroatoms. The molecule has 0 saturated carbocycles. The number of anilines is 2. The number of aromatic nitrogens is 4. The van der Waals surface area contributed by atoms with Crippen molar-refractivity contribution in [1.82, 2.24) is 19.3 Å². The molecule has 0 spiro atoms. The van der Waals surface area contributed by atoms with E-state index in [0.29, 0.717) is 24.2 Å². The van der Waals surface area contributed by atoms with E-state index in [2.05, 4.69) is 68.5 Å². The van der Waals surface area contributed by atoms with Crippen molar-refractivity contribution in [2.24, 2.45) is 0 Å². The Morgan fingerprint density at radius 2 is 1.04 bits per heavy atom. The van der Waals surface area contributed by atoms with Crippen LogP contribution in [0.25, 0.3) is 20.2 Å². The zero-order valence-corrected chi connectivity index (χ0v) is 27.6. The van der Waals surface area contributed by atoms with Gasteiger partial charge in [0.15, 0.2) is 0 Å². The SMILES string of the molecule is N#Cc1ccc(N(Cc2cc3ccc(Oc4ccc5cc(CN(c6ccc(C#N)cc6)n6ccnc6)sc5c4)cc3s2)n2ccnc2)cc1. The van der Waals surface area contributed by atoms with Crippen molar-refractivity contribution in [3.63, 3.8) is 0 Å². The first-order valence-electron chi connectivity index (χ1n) is 15.4. The first-order valence-corrected chi connectivity index (χ1v) is 17.0. The standard InChI is InChI=1S/C38H26N8OS2/c39-21-27-1-7-31(8-2-27)45(43-15-13-41-25-43)23-35-17-29-5-11-33(19-37(29)48-35)47-34-12-6-30-18-36(49-38(30)20-34)24-46(44-16-14-42-26-44)32-9-3-28(22-40)4-10-32/h1-20,25-26H,23-24H2. The molecule has 8 rings (SSSR count). The van der Waals surface area contributed by atoms with E-state index in [9.17, 15) is 10.5 Å². The molecular weight excluding hydrogens is 649 g/mol. The summed E-state index contributed by atoms with van der Waals surface area (Å²) in [4.78, 5) is 10.9. The van der Waals surface area contributed by atoms with Gasteiger partial charge < -0.3 is 4.74 Å². The average Bonchev–Trinajstić information content (AvgIpc) is 3.97. The topological polar surface area (TPSA) is 98.9 Å². The zero-order chi connectivity index (χ0) is 33.2. The van der Waals surface area contributed by atoms with Crippen LogP contribution in [0.2, 0.25) is 0 Å². The summed E-state index contributed by atoms with van der Waals surface area (Å²) < 4.78 is 12.6. The number of thiophene rings is 2. The highest BCUT2D eigenvalue weighted by Gasteiger charge is 2.15. The van der Waals surface area contributed by atoms with Crippen LogP contribution in [0.15, 0.2) is 135 Å². The molecule has 0 fully saturated rings. The Morgan fingerprint density at radius 3 is 1.43 bits per heavy atom. The third-order valence-corrected chi connectivity index (χ3v) is 10.2. The van der Waals surface area contributed by atoms with Crippen molar-refractivity contribution in [2.45, 2.75) is 13.1 Å². The summed E-state index contributed by atoms with van der Waals surface area (Å²) in [5.74, 6) is 1.56. The first-order chi connectivity index (χ1) is 24.1. The Bertz CT molecular complexity index is 2280. The molecular formula is C38H26N8OS2. The molecule has 0 amide bonds. The van der Waals surface area contributed by atoms with Crippen molar-refractivity contribution < 1.29 is 4.74 Å². The summed E-state index contributed by atoms with van der Waals surface area (Å²) in [6, 6.07) is 36.3. The van der Waals surface area contributed by atoms with Gasteiger partial charge in [0.25, 0.3) is 0 Å². The van der Waals surface area contributed by atoms with Crippen LogP contribution < -0.4 is 14.8 Å². The van der Waals surface area contributed by atoms with Crippen molar-refractivity contribution in [3.05, 3.63) is 155 Å². The maximum Gasteiger partial charge on any atom is 0.128 e. The van der Waals surface area contributed by atoms with Gasteiger partial charge >= 0.3 is 0 Å². The molecule has 0 aliphatic carbocycles. The first kappa shape index (κ1) is 30.0. The van der Waals surface area contributed by atoms with Gasteiger partial charge in [-0.05, 0) is 108 Å². The number of hydrogen-bond acceptors (Lipinski definition) is 9. The molecule has 4 heterocycles. The van der Waals surface area contributed by atoms with E-state index in [1.54, 1.807) is 47.7 Å². The second-order valence-corrected chi connectivity index (χ2v) is 13.6. The molecule has 0 radical (unpaired) electrons. The van der Waals surface area contributed by atoms with Gasteiger partial charge in [-0.2, -0.15) is 10.5 Å². The highest BCUT2D eigenvalue weighted by Crippen LogP contribution is 2.36. The number of benzene rings is 4. The minimum absolute atomic E-state index is 0.624. The Labute approximate surface area is 289 Å². The van der Waals surface area contributed by atoms with Gasteiger partial charge in [-0.3, -0.25) is 10.0 Å². The number of nitriles is 2. The summed E-state index contributed by atoms with van der Waals surface area (Å²) in [5, 5.41) is 25.0. The fourth-order valence-corrected chi connectivity index (χ4v) is 7.82. The summed E-state index contributed by atoms with van der Waals surface area (Å²) >= 11 is 3.46. The molecule has 0 atom stereocenters. The van der Waals surface area contributed by atoms with E-state index < -0.39 is 0 Å². The largest absolute Gasteiger partial charge is 0.457 e. The quantitative estimate of drug-likeness (QED) is 0.143. The number of imidazole rings is 2. The second kappa shape index (κ2) is 13.0. The van der Waals surface area contributed by atoms with Crippen LogP contribution in [-0.4, -0.2) is 19.3 Å². The number of ether oxygens (including phenoxy) is 1. The predicted molar refractivity (Wildman–Crippen MR) is 194 cm³/mol. The monoisotopic (exact) mass is 674 g/mol.